The Kier molecular flexibility index (Phi) is 8.10. The van der Waals surface area contributed by atoms with Crippen molar-refractivity contribution in [2.45, 2.75) is 33.1 Å². The van der Waals surface area contributed by atoms with Crippen LogP contribution in [0.25, 0.3) is 11.1 Å². The lowest BCUT2D eigenvalue weighted by molar-refractivity contribution is -0.139. The van der Waals surface area contributed by atoms with Crippen LogP contribution >= 0.6 is 0 Å². The Hall–Kier alpha value is -3.07. The van der Waals surface area contributed by atoms with Gasteiger partial charge in [0.2, 0.25) is 0 Å². The van der Waals surface area contributed by atoms with E-state index >= 15 is 0 Å². The number of hydrogen-bond donors (Lipinski definition) is 2. The minimum Gasteiger partial charge on any atom is -0.480 e. The zero-order valence-corrected chi connectivity index (χ0v) is 18.7. The van der Waals surface area contributed by atoms with E-state index in [0.29, 0.717) is 18.9 Å². The number of aliphatic carboxylic acids is 1. The van der Waals surface area contributed by atoms with Gasteiger partial charge in [0.25, 0.3) is 11.3 Å². The Bertz CT molecular complexity index is 1040. The van der Waals surface area contributed by atoms with Crippen LogP contribution in [0.3, 0.4) is 0 Å². The monoisotopic (exact) mass is 454 g/mol. The molecule has 0 aliphatic carbocycles. The number of anilines is 1. The van der Waals surface area contributed by atoms with Gasteiger partial charge in [-0.05, 0) is 46.4 Å². The van der Waals surface area contributed by atoms with E-state index in [-0.39, 0.29) is 5.92 Å². The highest BCUT2D eigenvalue weighted by Gasteiger charge is 2.32. The van der Waals surface area contributed by atoms with Gasteiger partial charge in [0.05, 0.1) is 18.9 Å². The second-order valence-electron chi connectivity index (χ2n) is 7.68. The third-order valence-electron chi connectivity index (χ3n) is 4.97. The number of rotatable bonds is 10. The van der Waals surface area contributed by atoms with Gasteiger partial charge in [0, 0.05) is 12.4 Å². The van der Waals surface area contributed by atoms with Crippen LogP contribution < -0.4 is 4.31 Å². The maximum absolute atomic E-state index is 11.9. The molecule has 3 aromatic rings. The third-order valence-corrected chi connectivity index (χ3v) is 5.75. The molecular formula is C24H26N2O5S. The van der Waals surface area contributed by atoms with Crippen molar-refractivity contribution < 1.29 is 23.4 Å². The van der Waals surface area contributed by atoms with Crippen LogP contribution in [0.15, 0.2) is 73.1 Å². The lowest BCUT2D eigenvalue weighted by Gasteiger charge is -2.29. The molecule has 8 heteroatoms. The Labute approximate surface area is 190 Å². The zero-order valence-electron chi connectivity index (χ0n) is 17.9. The summed E-state index contributed by atoms with van der Waals surface area (Å²) in [7, 11) is 0. The Morgan fingerprint density at radius 3 is 2.09 bits per heavy atom. The van der Waals surface area contributed by atoms with E-state index < -0.39 is 23.3 Å². The number of ether oxygens (including phenoxy) is 1. The molecule has 2 aromatic carbocycles. The van der Waals surface area contributed by atoms with Crippen LogP contribution in [0.5, 0.6) is 0 Å². The van der Waals surface area contributed by atoms with Gasteiger partial charge in [-0.1, -0.05) is 56.3 Å². The van der Waals surface area contributed by atoms with Crippen molar-refractivity contribution in [3.05, 3.63) is 84.2 Å². The summed E-state index contributed by atoms with van der Waals surface area (Å²) >= 11 is -2.46. The first kappa shape index (κ1) is 23.6. The summed E-state index contributed by atoms with van der Waals surface area (Å²) in [6.45, 7) is 4.38. The van der Waals surface area contributed by atoms with Crippen LogP contribution in [-0.2, 0) is 34.0 Å². The van der Waals surface area contributed by atoms with Gasteiger partial charge in [-0.15, -0.1) is 0 Å². The summed E-state index contributed by atoms with van der Waals surface area (Å²) in [5, 5.41) is 9.51. The zero-order chi connectivity index (χ0) is 23.1. The highest BCUT2D eigenvalue weighted by atomic mass is 32.2. The van der Waals surface area contributed by atoms with Gasteiger partial charge >= 0.3 is 5.97 Å². The summed E-state index contributed by atoms with van der Waals surface area (Å²) in [4.78, 5) is 15.7. The van der Waals surface area contributed by atoms with Crippen LogP contribution in [0.2, 0.25) is 0 Å². The number of nitrogens with zero attached hydrogens (tertiary/aromatic N) is 2. The highest BCUT2D eigenvalue weighted by molar-refractivity contribution is 7.80. The topological polar surface area (TPSA) is 100.0 Å². The lowest BCUT2D eigenvalue weighted by atomic mass is 10.0. The Morgan fingerprint density at radius 1 is 1.00 bits per heavy atom. The molecule has 2 unspecified atom stereocenters. The van der Waals surface area contributed by atoms with E-state index in [1.54, 1.807) is 38.4 Å². The molecule has 0 fully saturated rings. The van der Waals surface area contributed by atoms with Crippen LogP contribution in [0.4, 0.5) is 5.69 Å². The van der Waals surface area contributed by atoms with Gasteiger partial charge in [-0.2, -0.15) is 0 Å². The molecule has 7 nitrogen and oxygen atoms in total. The molecule has 168 valence electrons. The van der Waals surface area contributed by atoms with E-state index in [1.807, 2.05) is 48.5 Å². The molecule has 0 radical (unpaired) electrons. The van der Waals surface area contributed by atoms with Crippen molar-refractivity contribution in [1.29, 1.82) is 0 Å². The minimum atomic E-state index is -2.46. The summed E-state index contributed by atoms with van der Waals surface area (Å²) < 4.78 is 28.3. The Morgan fingerprint density at radius 2 is 1.59 bits per heavy atom. The molecular weight excluding hydrogens is 428 g/mol. The molecule has 0 aliphatic heterocycles. The first-order valence-corrected chi connectivity index (χ1v) is 11.2. The first-order valence-electron chi connectivity index (χ1n) is 10.2. The summed E-state index contributed by atoms with van der Waals surface area (Å²) in [5.41, 5.74) is 4.32. The van der Waals surface area contributed by atoms with E-state index in [1.165, 1.54) is 0 Å². The smallest absolute Gasteiger partial charge is 0.327 e. The largest absolute Gasteiger partial charge is 0.480 e. The average molecular weight is 455 g/mol. The molecule has 0 aliphatic rings. The first-order chi connectivity index (χ1) is 15.4. The molecule has 2 N–H and O–H groups in total. The number of aromatic nitrogens is 1. The van der Waals surface area contributed by atoms with Crippen molar-refractivity contribution >= 4 is 22.9 Å². The molecule has 0 saturated carbocycles. The summed E-state index contributed by atoms with van der Waals surface area (Å²) in [6.07, 6.45) is 3.50. The van der Waals surface area contributed by atoms with Crippen molar-refractivity contribution in [2.75, 3.05) is 4.31 Å². The maximum atomic E-state index is 11.9. The number of benzene rings is 2. The third kappa shape index (κ3) is 6.00. The second-order valence-corrected chi connectivity index (χ2v) is 8.54. The van der Waals surface area contributed by atoms with E-state index in [9.17, 15) is 18.7 Å². The number of carbonyl (C=O) groups is 1. The van der Waals surface area contributed by atoms with Gasteiger partial charge < -0.3 is 9.84 Å². The van der Waals surface area contributed by atoms with E-state index in [0.717, 1.165) is 26.6 Å². The molecule has 1 aromatic heterocycles. The van der Waals surface area contributed by atoms with Gasteiger partial charge in [-0.3, -0.25) is 13.8 Å². The molecule has 2 atom stereocenters. The minimum absolute atomic E-state index is 0.351. The number of hydrogen-bond acceptors (Lipinski definition) is 4. The van der Waals surface area contributed by atoms with Gasteiger partial charge in [-0.25, -0.2) is 9.00 Å². The second kappa shape index (κ2) is 11.0. The summed E-state index contributed by atoms with van der Waals surface area (Å²) in [5.74, 6) is -1.50. The predicted molar refractivity (Wildman–Crippen MR) is 124 cm³/mol. The standard InChI is InChI=1S/C24H26N2O5S/c1-17(2)23(24(27)28)26(32(29)30)22-11-9-21(10-12-22)20-7-5-18(6-8-20)15-31-16-19-4-3-13-25-14-19/h3-14,17,23H,15-16H2,1-2H3,(H,27,28)(H,29,30). The predicted octanol–water partition coefficient (Wildman–Crippen LogP) is 4.52. The fourth-order valence-corrected chi connectivity index (χ4v) is 4.20. The number of pyridine rings is 1. The SMILES string of the molecule is CC(C)C(C(=O)O)N(c1ccc(-c2ccc(COCc3cccnc3)cc2)cc1)S(=O)O. The molecule has 32 heavy (non-hydrogen) atoms. The van der Waals surface area contributed by atoms with Crippen molar-refractivity contribution in [3.8, 4) is 11.1 Å². The molecule has 0 spiro atoms. The van der Waals surface area contributed by atoms with E-state index in [4.69, 9.17) is 4.74 Å². The molecule has 0 amide bonds. The average Bonchev–Trinajstić information content (AvgIpc) is 2.78. The lowest BCUT2D eigenvalue weighted by Crippen LogP contribution is -2.45. The van der Waals surface area contributed by atoms with Crippen molar-refractivity contribution in [1.82, 2.24) is 4.98 Å². The number of carboxylic acids is 1. The van der Waals surface area contributed by atoms with Crippen molar-refractivity contribution in [3.63, 3.8) is 0 Å². The number of carboxylic acid groups (broad SMARTS) is 1. The molecule has 0 saturated heterocycles. The highest BCUT2D eigenvalue weighted by Crippen LogP contribution is 2.27. The summed E-state index contributed by atoms with van der Waals surface area (Å²) in [6, 6.07) is 17.6. The molecule has 1 heterocycles. The quantitative estimate of drug-likeness (QED) is 0.437. The maximum Gasteiger partial charge on any atom is 0.327 e. The normalized spacial score (nSPS) is 13.0. The fourth-order valence-electron chi connectivity index (χ4n) is 3.37. The fraction of sp³-hybridized carbons (Fsp3) is 0.250. The van der Waals surface area contributed by atoms with Gasteiger partial charge in [0.15, 0.2) is 0 Å². The van der Waals surface area contributed by atoms with Crippen LogP contribution in [0, 0.1) is 5.92 Å². The Balaban J connectivity index is 1.68. The van der Waals surface area contributed by atoms with Crippen molar-refractivity contribution in [2.24, 2.45) is 5.92 Å². The molecule has 0 bridgehead atoms. The van der Waals surface area contributed by atoms with E-state index in [2.05, 4.69) is 4.98 Å². The van der Waals surface area contributed by atoms with Crippen LogP contribution in [0.1, 0.15) is 25.0 Å². The van der Waals surface area contributed by atoms with Crippen LogP contribution in [-0.4, -0.2) is 30.9 Å². The van der Waals surface area contributed by atoms with Gasteiger partial charge in [0.1, 0.15) is 6.04 Å². The molecule has 3 rings (SSSR count).